The van der Waals surface area contributed by atoms with Gasteiger partial charge in [-0.05, 0) is 39.7 Å². The van der Waals surface area contributed by atoms with Gasteiger partial charge in [0.2, 0.25) is 0 Å². The van der Waals surface area contributed by atoms with Crippen LogP contribution in [0.15, 0.2) is 78.9 Å². The highest BCUT2D eigenvalue weighted by molar-refractivity contribution is 5.79. The summed E-state index contributed by atoms with van der Waals surface area (Å²) in [4.78, 5) is 12.5. The van der Waals surface area contributed by atoms with Gasteiger partial charge >= 0.3 is 5.97 Å². The zero-order valence-electron chi connectivity index (χ0n) is 17.4. The predicted molar refractivity (Wildman–Crippen MR) is 118 cm³/mol. The van der Waals surface area contributed by atoms with E-state index in [1.165, 1.54) is 16.7 Å². The molecule has 2 atom stereocenters. The molecule has 0 aromatic heterocycles. The van der Waals surface area contributed by atoms with Crippen molar-refractivity contribution < 1.29 is 9.53 Å². The largest absolute Gasteiger partial charge is 0.465 e. The van der Waals surface area contributed by atoms with Crippen molar-refractivity contribution in [3.63, 3.8) is 0 Å². The van der Waals surface area contributed by atoms with Crippen molar-refractivity contribution in [2.75, 3.05) is 6.61 Å². The second-order valence-electron chi connectivity index (χ2n) is 8.98. The van der Waals surface area contributed by atoms with Crippen LogP contribution in [-0.2, 0) is 14.9 Å². The quantitative estimate of drug-likeness (QED) is 0.484. The van der Waals surface area contributed by atoms with Crippen LogP contribution in [0, 0.1) is 0 Å². The molecule has 1 saturated heterocycles. The maximum absolute atomic E-state index is 12.5. The zero-order chi connectivity index (χ0) is 20.4. The minimum Gasteiger partial charge on any atom is -0.465 e. The average molecular weight is 385 g/mol. The first kappa shape index (κ1) is 19.4. The highest BCUT2D eigenvalue weighted by Crippen LogP contribution is 2.36. The van der Waals surface area contributed by atoms with E-state index in [1.54, 1.807) is 0 Å². The smallest absolute Gasteiger partial charge is 0.313 e. The number of hydrogen-bond donors (Lipinski definition) is 0. The number of carbonyl (C=O) groups excluding carboxylic acids is 1. The van der Waals surface area contributed by atoms with Gasteiger partial charge < -0.3 is 4.74 Å². The molecular weight excluding hydrogens is 356 g/mol. The first-order chi connectivity index (χ1) is 13.9. The fraction of sp³-hybridized carbons (Fsp3) is 0.296. The fourth-order valence-corrected chi connectivity index (χ4v) is 4.03. The predicted octanol–water partition coefficient (Wildman–Crippen LogP) is 6.47. The third-order valence-corrected chi connectivity index (χ3v) is 5.90. The van der Waals surface area contributed by atoms with E-state index in [1.807, 2.05) is 18.2 Å². The van der Waals surface area contributed by atoms with Gasteiger partial charge in [-0.2, -0.15) is 0 Å². The zero-order valence-corrected chi connectivity index (χ0v) is 17.4. The van der Waals surface area contributed by atoms with Gasteiger partial charge in [0.1, 0.15) is 0 Å². The summed E-state index contributed by atoms with van der Waals surface area (Å²) in [7, 11) is 0. The normalized spacial score (nSPS) is 19.6. The maximum atomic E-state index is 12.5. The Morgan fingerprint density at radius 2 is 1.34 bits per heavy atom. The lowest BCUT2D eigenvalue weighted by atomic mass is 9.81. The van der Waals surface area contributed by atoms with E-state index in [0.29, 0.717) is 6.61 Å². The Kier molecular flexibility index (Phi) is 5.27. The summed E-state index contributed by atoms with van der Waals surface area (Å²) in [5.41, 5.74) is 6.08. The molecule has 0 aliphatic carbocycles. The Balaban J connectivity index is 1.53. The lowest BCUT2D eigenvalue weighted by Crippen LogP contribution is -2.28. The number of hydrogen-bond acceptors (Lipinski definition) is 2. The number of cyclic esters (lactones) is 1. The number of rotatable bonds is 3. The maximum Gasteiger partial charge on any atom is 0.313 e. The van der Waals surface area contributed by atoms with Gasteiger partial charge in [-0.3, -0.25) is 4.79 Å². The number of esters is 1. The summed E-state index contributed by atoms with van der Waals surface area (Å²) in [5, 5.41) is 0. The van der Waals surface area contributed by atoms with E-state index >= 15 is 0 Å². The molecule has 1 heterocycles. The van der Waals surface area contributed by atoms with Crippen LogP contribution in [0.25, 0.3) is 11.1 Å². The van der Waals surface area contributed by atoms with Crippen LogP contribution < -0.4 is 0 Å². The third-order valence-electron chi connectivity index (χ3n) is 5.90. The second-order valence-corrected chi connectivity index (χ2v) is 8.98. The van der Waals surface area contributed by atoms with Crippen LogP contribution >= 0.6 is 0 Å². The monoisotopic (exact) mass is 384 g/mol. The summed E-state index contributed by atoms with van der Waals surface area (Å²) in [6.45, 7) is 7.13. The fourth-order valence-electron chi connectivity index (χ4n) is 4.03. The molecule has 0 N–H and O–H groups in total. The molecule has 0 saturated carbocycles. The van der Waals surface area contributed by atoms with E-state index in [0.717, 1.165) is 17.5 Å². The molecule has 3 aromatic carbocycles. The molecule has 0 spiro atoms. The summed E-state index contributed by atoms with van der Waals surface area (Å²) in [5.74, 6) is -0.0820. The topological polar surface area (TPSA) is 26.3 Å². The Labute approximate surface area is 173 Å². The number of carbonyl (C=O) groups is 1. The summed E-state index contributed by atoms with van der Waals surface area (Å²) in [6, 6.07) is 27.4. The molecular formula is C27H28O2. The van der Waals surface area contributed by atoms with E-state index in [2.05, 4.69) is 81.4 Å². The van der Waals surface area contributed by atoms with E-state index in [4.69, 9.17) is 4.74 Å². The van der Waals surface area contributed by atoms with Gasteiger partial charge in [-0.15, -0.1) is 0 Å². The van der Waals surface area contributed by atoms with Crippen LogP contribution in [0.2, 0.25) is 0 Å². The van der Waals surface area contributed by atoms with Crippen molar-refractivity contribution >= 4 is 5.97 Å². The lowest BCUT2D eigenvalue weighted by molar-refractivity contribution is -0.150. The lowest BCUT2D eigenvalue weighted by Gasteiger charge is -2.29. The molecule has 2 unspecified atom stereocenters. The van der Waals surface area contributed by atoms with Crippen molar-refractivity contribution in [1.82, 2.24) is 0 Å². The molecule has 2 nitrogen and oxygen atoms in total. The van der Waals surface area contributed by atoms with E-state index in [9.17, 15) is 4.79 Å². The molecule has 1 aliphatic rings. The molecule has 0 radical (unpaired) electrons. The van der Waals surface area contributed by atoms with Gasteiger partial charge in [-0.25, -0.2) is 0 Å². The van der Waals surface area contributed by atoms with Crippen LogP contribution in [0.4, 0.5) is 0 Å². The molecule has 4 rings (SSSR count). The van der Waals surface area contributed by atoms with Gasteiger partial charge in [0.25, 0.3) is 0 Å². The molecule has 0 amide bonds. The van der Waals surface area contributed by atoms with Crippen LogP contribution in [0.1, 0.15) is 55.7 Å². The number of ether oxygens (including phenoxy) is 1. The Morgan fingerprint density at radius 3 is 1.97 bits per heavy atom. The Bertz CT molecular complexity index is 964. The van der Waals surface area contributed by atoms with Crippen molar-refractivity contribution in [2.24, 2.45) is 0 Å². The summed E-state index contributed by atoms with van der Waals surface area (Å²) < 4.78 is 5.59. The SMILES string of the molecule is CC(C)(C)c1ccc(C2COC(=O)C(c3ccc(-c4ccccc4)cc3)C2)cc1. The van der Waals surface area contributed by atoms with Crippen molar-refractivity contribution in [2.45, 2.75) is 44.4 Å². The van der Waals surface area contributed by atoms with Gasteiger partial charge in [0.15, 0.2) is 0 Å². The van der Waals surface area contributed by atoms with Crippen LogP contribution in [-0.4, -0.2) is 12.6 Å². The molecule has 1 fully saturated rings. The average Bonchev–Trinajstić information content (AvgIpc) is 2.74. The molecule has 2 heteroatoms. The van der Waals surface area contributed by atoms with E-state index in [-0.39, 0.29) is 23.2 Å². The summed E-state index contributed by atoms with van der Waals surface area (Å²) in [6.07, 6.45) is 0.790. The Morgan fingerprint density at radius 1 is 0.759 bits per heavy atom. The van der Waals surface area contributed by atoms with E-state index < -0.39 is 0 Å². The molecule has 148 valence electrons. The summed E-state index contributed by atoms with van der Waals surface area (Å²) >= 11 is 0. The van der Waals surface area contributed by atoms with Crippen molar-refractivity contribution in [3.8, 4) is 11.1 Å². The number of benzene rings is 3. The van der Waals surface area contributed by atoms with Crippen LogP contribution in [0.5, 0.6) is 0 Å². The van der Waals surface area contributed by atoms with Gasteiger partial charge in [0.05, 0.1) is 12.5 Å². The minimum absolute atomic E-state index is 0.111. The van der Waals surface area contributed by atoms with Gasteiger partial charge in [-0.1, -0.05) is 99.6 Å². The highest BCUT2D eigenvalue weighted by Gasteiger charge is 2.32. The molecule has 1 aliphatic heterocycles. The molecule has 0 bridgehead atoms. The minimum atomic E-state index is -0.208. The Hall–Kier alpha value is -2.87. The standard InChI is InChI=1S/C27H28O2/c1-27(2,3)24-15-13-21(14-16-24)23-17-25(26(28)29-18-23)22-11-9-20(10-12-22)19-7-5-4-6-8-19/h4-16,23,25H,17-18H2,1-3H3. The van der Waals surface area contributed by atoms with Crippen LogP contribution in [0.3, 0.4) is 0 Å². The van der Waals surface area contributed by atoms with Crippen molar-refractivity contribution in [3.05, 3.63) is 95.6 Å². The van der Waals surface area contributed by atoms with Crippen molar-refractivity contribution in [1.29, 1.82) is 0 Å². The molecule has 3 aromatic rings. The molecule has 29 heavy (non-hydrogen) atoms. The first-order valence-electron chi connectivity index (χ1n) is 10.3. The highest BCUT2D eigenvalue weighted by atomic mass is 16.5. The van der Waals surface area contributed by atoms with Gasteiger partial charge in [0, 0.05) is 5.92 Å². The first-order valence-corrected chi connectivity index (χ1v) is 10.3. The third kappa shape index (κ3) is 4.27. The second kappa shape index (κ2) is 7.87.